The summed E-state index contributed by atoms with van der Waals surface area (Å²) in [7, 11) is -10.00. The second kappa shape index (κ2) is 9.52. The molecule has 0 atom stereocenters. The SMILES string of the molecule is Cc1ccccc1[PH](OS(=O)(=O)C(F)(F)F)(c1ccccc1C)c1ccccc1C.[Pd]. The predicted molar refractivity (Wildman–Crippen MR) is 117 cm³/mol. The quantitative estimate of drug-likeness (QED) is 0.264. The molecule has 0 unspecified atom stereocenters. The Balaban J connectivity index is 0.00000341. The molecule has 0 fully saturated rings. The van der Waals surface area contributed by atoms with Crippen molar-refractivity contribution in [2.75, 3.05) is 0 Å². The maximum Gasteiger partial charge on any atom is 0 e. The van der Waals surface area contributed by atoms with Gasteiger partial charge in [0.25, 0.3) is 0 Å². The fourth-order valence-corrected chi connectivity index (χ4v) is 10.2. The average molecular weight is 561 g/mol. The van der Waals surface area contributed by atoms with Crippen LogP contribution >= 0.6 is 7.49 Å². The van der Waals surface area contributed by atoms with Gasteiger partial charge in [-0.25, -0.2) is 0 Å². The first-order chi connectivity index (χ1) is 14.0. The smallest absolute Gasteiger partial charge is 0 e. The van der Waals surface area contributed by atoms with E-state index in [2.05, 4.69) is 0 Å². The minimum absolute atomic E-state index is 0. The first-order valence-electron chi connectivity index (χ1n) is 9.21. The van der Waals surface area contributed by atoms with Crippen LogP contribution in [0.1, 0.15) is 16.7 Å². The van der Waals surface area contributed by atoms with E-state index < -0.39 is 23.1 Å². The van der Waals surface area contributed by atoms with Gasteiger partial charge in [-0.2, -0.15) is 0 Å². The second-order valence-electron chi connectivity index (χ2n) is 7.11. The topological polar surface area (TPSA) is 43.4 Å². The van der Waals surface area contributed by atoms with Crippen molar-refractivity contribution < 1.29 is 46.0 Å². The van der Waals surface area contributed by atoms with Crippen molar-refractivity contribution in [3.05, 3.63) is 89.5 Å². The summed E-state index contributed by atoms with van der Waals surface area (Å²) in [6.45, 7) is 5.24. The molecule has 0 heterocycles. The second-order valence-corrected chi connectivity index (χ2v) is 12.1. The van der Waals surface area contributed by atoms with E-state index in [0.29, 0.717) is 32.6 Å². The molecule has 9 heteroatoms. The van der Waals surface area contributed by atoms with Gasteiger partial charge in [-0.3, -0.25) is 0 Å². The number of hydrogen-bond donors (Lipinski definition) is 0. The van der Waals surface area contributed by atoms with Crippen molar-refractivity contribution in [3.63, 3.8) is 0 Å². The number of alkyl halides is 3. The zero-order chi connectivity index (χ0) is 22.2. The molecule has 170 valence electrons. The van der Waals surface area contributed by atoms with Crippen LogP contribution in [-0.2, 0) is 34.5 Å². The third-order valence-electron chi connectivity index (χ3n) is 5.09. The standard InChI is InChI=1S/C22H22F3O3PS.Pd/c1-16-10-4-7-13-19(16)29(20-14-8-5-11-17(20)2,21-15-9-6-12-18(21)3)28-30(26,27)22(23,24)25;/h4-15,29H,1-3H3;. The number of rotatable bonds is 5. The van der Waals surface area contributed by atoms with Gasteiger partial charge in [0, 0.05) is 20.4 Å². The minimum atomic E-state index is -5.89. The Morgan fingerprint density at radius 2 is 0.968 bits per heavy atom. The van der Waals surface area contributed by atoms with Gasteiger partial charge in [0.1, 0.15) is 0 Å². The maximum absolute atomic E-state index is 13.5. The Bertz CT molecular complexity index is 1070. The number of aryl methyl sites for hydroxylation is 3. The van der Waals surface area contributed by atoms with Crippen molar-refractivity contribution in [2.45, 2.75) is 26.3 Å². The van der Waals surface area contributed by atoms with E-state index in [4.69, 9.17) is 3.97 Å². The van der Waals surface area contributed by atoms with E-state index in [0.717, 1.165) is 0 Å². The van der Waals surface area contributed by atoms with Crippen LogP contribution in [0.2, 0.25) is 0 Å². The minimum Gasteiger partial charge on any atom is 0 e. The Kier molecular flexibility index (Phi) is 7.90. The molecule has 0 saturated carbocycles. The first kappa shape index (κ1) is 25.7. The summed E-state index contributed by atoms with van der Waals surface area (Å²) in [6.07, 6.45) is 0. The molecule has 0 saturated heterocycles. The van der Waals surface area contributed by atoms with Gasteiger partial charge in [0.05, 0.1) is 0 Å². The molecule has 0 aromatic heterocycles. The molecule has 0 aliphatic carbocycles. The van der Waals surface area contributed by atoms with E-state index in [1.807, 2.05) is 0 Å². The Hall–Kier alpha value is -1.55. The van der Waals surface area contributed by atoms with Crippen LogP contribution in [0.4, 0.5) is 13.2 Å². The Labute approximate surface area is 194 Å². The molecule has 0 amide bonds. The third-order valence-corrected chi connectivity index (χ3v) is 11.5. The fourth-order valence-electron chi connectivity index (χ4n) is 3.69. The van der Waals surface area contributed by atoms with Gasteiger partial charge in [0.15, 0.2) is 0 Å². The maximum atomic E-state index is 13.5. The summed E-state index contributed by atoms with van der Waals surface area (Å²) in [5.41, 5.74) is -3.56. The van der Waals surface area contributed by atoms with Gasteiger partial charge in [-0.1, -0.05) is 0 Å². The van der Waals surface area contributed by atoms with Crippen molar-refractivity contribution >= 4 is 33.5 Å². The summed E-state index contributed by atoms with van der Waals surface area (Å²) in [5, 5.41) is 1.38. The molecule has 3 aromatic rings. The summed E-state index contributed by atoms with van der Waals surface area (Å²) in [5.74, 6) is 0. The fraction of sp³-hybridized carbons (Fsp3) is 0.182. The summed E-state index contributed by atoms with van der Waals surface area (Å²) < 4.78 is 70.8. The normalized spacial score (nSPS) is 12.8. The molecular weight excluding hydrogens is 539 g/mol. The monoisotopic (exact) mass is 560 g/mol. The zero-order valence-corrected chi connectivity index (χ0v) is 20.4. The summed E-state index contributed by atoms with van der Waals surface area (Å²) in [4.78, 5) is 0. The molecule has 0 N–H and O–H groups in total. The largest absolute Gasteiger partial charge is 0 e. The van der Waals surface area contributed by atoms with Crippen molar-refractivity contribution in [2.24, 2.45) is 0 Å². The van der Waals surface area contributed by atoms with E-state index in [9.17, 15) is 21.6 Å². The molecule has 0 radical (unpaired) electrons. The first-order valence-corrected chi connectivity index (χ1v) is 12.5. The van der Waals surface area contributed by atoms with Gasteiger partial charge in [-0.05, 0) is 0 Å². The molecule has 0 aliphatic rings. The number of hydrogen-bond acceptors (Lipinski definition) is 3. The van der Waals surface area contributed by atoms with Gasteiger partial charge in [0.2, 0.25) is 0 Å². The van der Waals surface area contributed by atoms with Crippen molar-refractivity contribution in [1.82, 2.24) is 0 Å². The number of halogens is 3. The van der Waals surface area contributed by atoms with E-state index in [1.165, 1.54) is 0 Å². The van der Waals surface area contributed by atoms with Gasteiger partial charge >= 0.3 is 175 Å². The van der Waals surface area contributed by atoms with Crippen LogP contribution in [0.5, 0.6) is 0 Å². The summed E-state index contributed by atoms with van der Waals surface area (Å²) >= 11 is 0. The molecule has 0 spiro atoms. The van der Waals surface area contributed by atoms with Gasteiger partial charge < -0.3 is 0 Å². The molecule has 0 aliphatic heterocycles. The summed E-state index contributed by atoms with van der Waals surface area (Å²) in [6, 6.07) is 20.5. The predicted octanol–water partition coefficient (Wildman–Crippen LogP) is 4.42. The van der Waals surface area contributed by atoms with Crippen LogP contribution in [0, 0.1) is 20.8 Å². The van der Waals surface area contributed by atoms with Gasteiger partial charge in [-0.15, -0.1) is 0 Å². The van der Waals surface area contributed by atoms with Crippen LogP contribution in [0.3, 0.4) is 0 Å². The van der Waals surface area contributed by atoms with Crippen molar-refractivity contribution in [1.29, 1.82) is 0 Å². The van der Waals surface area contributed by atoms with Crippen LogP contribution < -0.4 is 15.9 Å². The molecule has 3 rings (SSSR count). The Morgan fingerprint density at radius 1 is 0.677 bits per heavy atom. The van der Waals surface area contributed by atoms with E-state index in [1.54, 1.807) is 93.6 Å². The van der Waals surface area contributed by atoms with Crippen molar-refractivity contribution in [3.8, 4) is 0 Å². The third kappa shape index (κ3) is 4.79. The molecular formula is C22H22F3O3PPdS. The van der Waals surface area contributed by atoms with E-state index in [-0.39, 0.29) is 20.4 Å². The number of benzene rings is 3. The molecule has 0 bridgehead atoms. The van der Waals surface area contributed by atoms with Crippen LogP contribution in [0.15, 0.2) is 72.8 Å². The zero-order valence-electron chi connectivity index (χ0n) is 17.0. The Morgan fingerprint density at radius 3 is 1.23 bits per heavy atom. The van der Waals surface area contributed by atoms with Crippen LogP contribution in [-0.4, -0.2) is 13.9 Å². The molecule has 31 heavy (non-hydrogen) atoms. The average Bonchev–Trinajstić information content (AvgIpc) is 2.67. The molecule has 3 aromatic carbocycles. The molecule has 3 nitrogen and oxygen atoms in total. The van der Waals surface area contributed by atoms with Crippen LogP contribution in [0.25, 0.3) is 0 Å². The van der Waals surface area contributed by atoms with E-state index >= 15 is 0 Å².